The van der Waals surface area contributed by atoms with Gasteiger partial charge in [-0.05, 0) is 38.3 Å². The SMILES string of the molecule is Cc1cc(CN2CCC(CCC(=O)O)C2)n(C)n1. The molecule has 1 unspecified atom stereocenters. The van der Waals surface area contributed by atoms with Gasteiger partial charge in [0.25, 0.3) is 0 Å². The van der Waals surface area contributed by atoms with Crippen LogP contribution in [0.4, 0.5) is 0 Å². The van der Waals surface area contributed by atoms with Gasteiger partial charge in [-0.3, -0.25) is 14.4 Å². The molecule has 2 rings (SSSR count). The van der Waals surface area contributed by atoms with Crippen molar-refractivity contribution in [3.63, 3.8) is 0 Å². The van der Waals surface area contributed by atoms with E-state index in [9.17, 15) is 4.79 Å². The average molecular weight is 251 g/mol. The maximum atomic E-state index is 10.6. The second-order valence-corrected chi connectivity index (χ2v) is 5.22. The van der Waals surface area contributed by atoms with Crippen LogP contribution in [0.3, 0.4) is 0 Å². The third kappa shape index (κ3) is 3.32. The van der Waals surface area contributed by atoms with E-state index < -0.39 is 5.97 Å². The molecule has 0 aliphatic carbocycles. The molecule has 1 fully saturated rings. The lowest BCUT2D eigenvalue weighted by Gasteiger charge is -2.15. The Morgan fingerprint density at radius 1 is 1.61 bits per heavy atom. The summed E-state index contributed by atoms with van der Waals surface area (Å²) in [5.74, 6) is -0.147. The van der Waals surface area contributed by atoms with E-state index in [-0.39, 0.29) is 0 Å². The minimum Gasteiger partial charge on any atom is -0.481 e. The lowest BCUT2D eigenvalue weighted by Crippen LogP contribution is -2.21. The third-order valence-electron chi connectivity index (χ3n) is 3.62. The van der Waals surface area contributed by atoms with Crippen molar-refractivity contribution in [3.05, 3.63) is 17.5 Å². The molecule has 5 heteroatoms. The van der Waals surface area contributed by atoms with Crippen LogP contribution < -0.4 is 0 Å². The van der Waals surface area contributed by atoms with Gasteiger partial charge in [0.15, 0.2) is 0 Å². The van der Waals surface area contributed by atoms with Crippen LogP contribution in [0, 0.1) is 12.8 Å². The first kappa shape index (κ1) is 13.1. The Kier molecular flexibility index (Phi) is 4.01. The Hall–Kier alpha value is -1.36. The van der Waals surface area contributed by atoms with Crippen LogP contribution in [-0.2, 0) is 18.4 Å². The molecule has 1 aromatic heterocycles. The molecule has 0 radical (unpaired) electrons. The van der Waals surface area contributed by atoms with Crippen molar-refractivity contribution in [3.8, 4) is 0 Å². The summed E-state index contributed by atoms with van der Waals surface area (Å²) in [6, 6.07) is 2.12. The summed E-state index contributed by atoms with van der Waals surface area (Å²) in [6.45, 7) is 5.00. The maximum Gasteiger partial charge on any atom is 0.303 e. The zero-order chi connectivity index (χ0) is 13.1. The Balaban J connectivity index is 1.82. The van der Waals surface area contributed by atoms with Gasteiger partial charge in [0.05, 0.1) is 11.4 Å². The fraction of sp³-hybridized carbons (Fsp3) is 0.692. The molecule has 0 saturated carbocycles. The zero-order valence-corrected chi connectivity index (χ0v) is 11.1. The predicted molar refractivity (Wildman–Crippen MR) is 68.2 cm³/mol. The highest BCUT2D eigenvalue weighted by atomic mass is 16.4. The van der Waals surface area contributed by atoms with Crippen LogP contribution in [0.15, 0.2) is 6.07 Å². The Morgan fingerprint density at radius 2 is 2.39 bits per heavy atom. The van der Waals surface area contributed by atoms with Crippen LogP contribution >= 0.6 is 0 Å². The number of nitrogens with zero attached hydrogens (tertiary/aromatic N) is 3. The fourth-order valence-electron chi connectivity index (χ4n) is 2.66. The van der Waals surface area contributed by atoms with E-state index in [1.165, 1.54) is 5.69 Å². The standard InChI is InChI=1S/C13H21N3O2/c1-10-7-12(15(2)14-10)9-16-6-5-11(8-16)3-4-13(17)18/h7,11H,3-6,8-9H2,1-2H3,(H,17,18). The summed E-state index contributed by atoms with van der Waals surface area (Å²) < 4.78 is 1.93. The average Bonchev–Trinajstić information content (AvgIpc) is 2.84. The molecule has 2 heterocycles. The van der Waals surface area contributed by atoms with E-state index in [0.717, 1.165) is 38.2 Å². The van der Waals surface area contributed by atoms with Gasteiger partial charge >= 0.3 is 5.97 Å². The Bertz CT molecular complexity index is 428. The number of aliphatic carboxylic acids is 1. The van der Waals surface area contributed by atoms with Crippen LogP contribution in [0.1, 0.15) is 30.7 Å². The predicted octanol–water partition coefficient (Wildman–Crippen LogP) is 1.42. The molecule has 1 aliphatic heterocycles. The van der Waals surface area contributed by atoms with Crippen LogP contribution in [0.25, 0.3) is 0 Å². The molecule has 0 spiro atoms. The van der Waals surface area contributed by atoms with Crippen molar-refractivity contribution in [2.75, 3.05) is 13.1 Å². The number of hydrogen-bond acceptors (Lipinski definition) is 3. The molecule has 1 aliphatic rings. The number of carbonyl (C=O) groups is 1. The van der Waals surface area contributed by atoms with Gasteiger partial charge in [-0.2, -0.15) is 5.10 Å². The number of carboxylic acids is 1. The van der Waals surface area contributed by atoms with Crippen LogP contribution in [0.2, 0.25) is 0 Å². The number of hydrogen-bond donors (Lipinski definition) is 1. The van der Waals surface area contributed by atoms with Crippen LogP contribution in [-0.4, -0.2) is 38.8 Å². The summed E-state index contributed by atoms with van der Waals surface area (Å²) in [7, 11) is 1.97. The van der Waals surface area contributed by atoms with Gasteiger partial charge in [-0.25, -0.2) is 0 Å². The van der Waals surface area contributed by atoms with Crippen molar-refractivity contribution in [2.24, 2.45) is 13.0 Å². The first-order valence-corrected chi connectivity index (χ1v) is 6.48. The van der Waals surface area contributed by atoms with E-state index in [1.807, 2.05) is 18.7 Å². The van der Waals surface area contributed by atoms with Gasteiger partial charge in [0, 0.05) is 26.6 Å². The smallest absolute Gasteiger partial charge is 0.303 e. The molecule has 1 atom stereocenters. The van der Waals surface area contributed by atoms with E-state index >= 15 is 0 Å². The quantitative estimate of drug-likeness (QED) is 0.859. The topological polar surface area (TPSA) is 58.4 Å². The van der Waals surface area contributed by atoms with Crippen molar-refractivity contribution >= 4 is 5.97 Å². The third-order valence-corrected chi connectivity index (χ3v) is 3.62. The number of rotatable bonds is 5. The molecule has 0 bridgehead atoms. The van der Waals surface area contributed by atoms with E-state index in [0.29, 0.717) is 12.3 Å². The Morgan fingerprint density at radius 3 is 3.00 bits per heavy atom. The molecule has 0 amide bonds. The number of carboxylic acid groups (broad SMARTS) is 1. The second kappa shape index (κ2) is 5.52. The van der Waals surface area contributed by atoms with Crippen molar-refractivity contribution in [1.29, 1.82) is 0 Å². The first-order valence-electron chi connectivity index (χ1n) is 6.48. The normalized spacial score (nSPS) is 20.4. The lowest BCUT2D eigenvalue weighted by molar-refractivity contribution is -0.137. The molecule has 1 N–H and O–H groups in total. The molecule has 1 aromatic rings. The van der Waals surface area contributed by atoms with Crippen molar-refractivity contribution < 1.29 is 9.90 Å². The summed E-state index contributed by atoms with van der Waals surface area (Å²) in [5.41, 5.74) is 2.28. The number of likely N-dealkylation sites (tertiary alicyclic amines) is 1. The summed E-state index contributed by atoms with van der Waals surface area (Å²) in [5, 5.41) is 13.0. The molecular weight excluding hydrogens is 230 g/mol. The van der Waals surface area contributed by atoms with Gasteiger partial charge in [-0.1, -0.05) is 0 Å². The highest BCUT2D eigenvalue weighted by Gasteiger charge is 2.23. The van der Waals surface area contributed by atoms with Crippen LogP contribution in [0.5, 0.6) is 0 Å². The zero-order valence-electron chi connectivity index (χ0n) is 11.1. The maximum absolute atomic E-state index is 10.6. The highest BCUT2D eigenvalue weighted by Crippen LogP contribution is 2.22. The minimum atomic E-state index is -0.685. The molecular formula is C13H21N3O2. The molecule has 100 valence electrons. The summed E-state index contributed by atoms with van der Waals surface area (Å²) in [6.07, 6.45) is 2.21. The first-order chi connectivity index (χ1) is 8.54. The van der Waals surface area contributed by atoms with Crippen molar-refractivity contribution in [2.45, 2.75) is 32.7 Å². The highest BCUT2D eigenvalue weighted by molar-refractivity contribution is 5.66. The number of aromatic nitrogens is 2. The molecule has 0 aromatic carbocycles. The monoisotopic (exact) mass is 251 g/mol. The van der Waals surface area contributed by atoms with Gasteiger partial charge < -0.3 is 5.11 Å². The second-order valence-electron chi connectivity index (χ2n) is 5.22. The lowest BCUT2D eigenvalue weighted by atomic mass is 10.0. The van der Waals surface area contributed by atoms with Crippen molar-refractivity contribution in [1.82, 2.24) is 14.7 Å². The minimum absolute atomic E-state index is 0.295. The summed E-state index contributed by atoms with van der Waals surface area (Å²) >= 11 is 0. The largest absolute Gasteiger partial charge is 0.481 e. The Labute approximate surface area is 107 Å². The van der Waals surface area contributed by atoms with Gasteiger partial charge in [-0.15, -0.1) is 0 Å². The molecule has 1 saturated heterocycles. The fourth-order valence-corrected chi connectivity index (χ4v) is 2.66. The van der Waals surface area contributed by atoms with E-state index in [2.05, 4.69) is 16.1 Å². The molecule has 18 heavy (non-hydrogen) atoms. The van der Waals surface area contributed by atoms with E-state index in [4.69, 9.17) is 5.11 Å². The summed E-state index contributed by atoms with van der Waals surface area (Å²) in [4.78, 5) is 12.9. The molecule has 5 nitrogen and oxygen atoms in total. The number of aryl methyl sites for hydroxylation is 2. The van der Waals surface area contributed by atoms with Gasteiger partial charge in [0.2, 0.25) is 0 Å². The van der Waals surface area contributed by atoms with E-state index in [1.54, 1.807) is 0 Å². The van der Waals surface area contributed by atoms with Gasteiger partial charge in [0.1, 0.15) is 0 Å².